The lowest BCUT2D eigenvalue weighted by molar-refractivity contribution is -0.129. The molecule has 4 rings (SSSR count). The lowest BCUT2D eigenvalue weighted by atomic mass is 9.77. The van der Waals surface area contributed by atoms with Crippen molar-refractivity contribution in [3.05, 3.63) is 29.8 Å². The number of amides is 1. The van der Waals surface area contributed by atoms with Crippen LogP contribution in [-0.4, -0.2) is 68.2 Å². The molecule has 0 unspecified atom stereocenters. The Bertz CT molecular complexity index is 846. The van der Waals surface area contributed by atoms with Gasteiger partial charge in [0, 0.05) is 43.6 Å². The van der Waals surface area contributed by atoms with E-state index in [1.54, 1.807) is 12.1 Å². The van der Waals surface area contributed by atoms with Crippen LogP contribution in [0.15, 0.2) is 29.2 Å². The van der Waals surface area contributed by atoms with Crippen molar-refractivity contribution in [2.45, 2.75) is 43.0 Å². The number of hydrogen-bond acceptors (Lipinski definition) is 5. The van der Waals surface area contributed by atoms with E-state index in [-0.39, 0.29) is 28.5 Å². The van der Waals surface area contributed by atoms with Gasteiger partial charge in [-0.2, -0.15) is 4.31 Å². The number of ketones is 1. The van der Waals surface area contributed by atoms with Crippen molar-refractivity contribution >= 4 is 21.7 Å². The molecule has 0 radical (unpaired) electrons. The standard InChI is InChI=1S/C20H26N2O5S/c23-19-9-10-22(18-4-2-1-3-17(18)19)20(24)15-5-7-16(8-6-15)28(25,26)21-11-13-27-14-12-21/h5-8,17-18H,1-4,9-14H2/t17-,18-/m0/s1. The average molecular weight is 407 g/mol. The zero-order valence-corrected chi connectivity index (χ0v) is 16.7. The van der Waals surface area contributed by atoms with Crippen LogP contribution >= 0.6 is 0 Å². The Kier molecular flexibility index (Phi) is 5.53. The first kappa shape index (κ1) is 19.5. The van der Waals surface area contributed by atoms with Gasteiger partial charge in [0.15, 0.2) is 0 Å². The fourth-order valence-electron chi connectivity index (χ4n) is 4.57. The van der Waals surface area contributed by atoms with Crippen LogP contribution in [0, 0.1) is 5.92 Å². The first-order chi connectivity index (χ1) is 13.5. The smallest absolute Gasteiger partial charge is 0.254 e. The van der Waals surface area contributed by atoms with E-state index < -0.39 is 10.0 Å². The number of nitrogens with zero attached hydrogens (tertiary/aromatic N) is 2. The molecule has 2 aliphatic heterocycles. The minimum Gasteiger partial charge on any atom is -0.379 e. The topological polar surface area (TPSA) is 84.0 Å². The lowest BCUT2D eigenvalue weighted by Crippen LogP contribution is -2.53. The Hall–Kier alpha value is -1.77. The second-order valence-electron chi connectivity index (χ2n) is 7.71. The number of piperidine rings is 1. The number of ether oxygens (including phenoxy) is 1. The molecule has 2 atom stereocenters. The van der Waals surface area contributed by atoms with Crippen LogP contribution < -0.4 is 0 Å². The summed E-state index contributed by atoms with van der Waals surface area (Å²) in [5.41, 5.74) is 0.472. The predicted octanol–water partition coefficient (Wildman–Crippen LogP) is 1.68. The Morgan fingerprint density at radius 3 is 2.39 bits per heavy atom. The number of carbonyl (C=O) groups is 2. The van der Waals surface area contributed by atoms with Crippen LogP contribution in [0.1, 0.15) is 42.5 Å². The molecular formula is C20H26N2O5S. The SMILES string of the molecule is O=C1CCN(C(=O)c2ccc(S(=O)(=O)N3CCOCC3)cc2)[C@H]2CCCC[C@H]12. The number of morpholine rings is 1. The van der Waals surface area contributed by atoms with Crippen LogP contribution in [0.3, 0.4) is 0 Å². The van der Waals surface area contributed by atoms with Gasteiger partial charge in [-0.25, -0.2) is 8.42 Å². The monoisotopic (exact) mass is 406 g/mol. The van der Waals surface area contributed by atoms with Gasteiger partial charge in [0.25, 0.3) is 5.91 Å². The molecule has 1 saturated carbocycles. The Morgan fingerprint density at radius 1 is 1.00 bits per heavy atom. The molecule has 3 fully saturated rings. The van der Waals surface area contributed by atoms with E-state index in [1.807, 2.05) is 4.90 Å². The molecule has 3 aliphatic rings. The fraction of sp³-hybridized carbons (Fsp3) is 0.600. The van der Waals surface area contributed by atoms with Crippen LogP contribution in [-0.2, 0) is 19.6 Å². The third kappa shape index (κ3) is 3.60. The number of fused-ring (bicyclic) bond motifs is 1. The fourth-order valence-corrected chi connectivity index (χ4v) is 5.97. The van der Waals surface area contributed by atoms with Gasteiger partial charge in [-0.15, -0.1) is 0 Å². The number of likely N-dealkylation sites (tertiary alicyclic amines) is 1. The minimum absolute atomic E-state index is 0.0146. The summed E-state index contributed by atoms with van der Waals surface area (Å²) in [7, 11) is -3.57. The summed E-state index contributed by atoms with van der Waals surface area (Å²) < 4.78 is 32.1. The second kappa shape index (κ2) is 7.93. The molecule has 0 bridgehead atoms. The largest absolute Gasteiger partial charge is 0.379 e. The number of Topliss-reactive ketones (excluding diaryl/α,β-unsaturated/α-hetero) is 1. The van der Waals surface area contributed by atoms with Crippen LogP contribution in [0.25, 0.3) is 0 Å². The Labute approximate surface area is 165 Å². The van der Waals surface area contributed by atoms with Crippen molar-refractivity contribution < 1.29 is 22.7 Å². The predicted molar refractivity (Wildman–Crippen MR) is 102 cm³/mol. The molecule has 2 heterocycles. The van der Waals surface area contributed by atoms with Gasteiger partial charge >= 0.3 is 0 Å². The van der Waals surface area contributed by atoms with Crippen LogP contribution in [0.2, 0.25) is 0 Å². The van der Waals surface area contributed by atoms with Crippen molar-refractivity contribution in [2.75, 3.05) is 32.8 Å². The molecule has 8 heteroatoms. The molecule has 0 spiro atoms. The van der Waals surface area contributed by atoms with E-state index >= 15 is 0 Å². The Morgan fingerprint density at radius 2 is 1.68 bits per heavy atom. The highest BCUT2D eigenvalue weighted by Crippen LogP contribution is 2.34. The molecule has 2 saturated heterocycles. The lowest BCUT2D eigenvalue weighted by Gasteiger charge is -2.43. The number of benzene rings is 1. The minimum atomic E-state index is -3.57. The zero-order chi connectivity index (χ0) is 19.7. The molecule has 0 N–H and O–H groups in total. The molecule has 1 amide bonds. The highest BCUT2D eigenvalue weighted by Gasteiger charge is 2.40. The van der Waals surface area contributed by atoms with Gasteiger partial charge in [-0.05, 0) is 37.1 Å². The van der Waals surface area contributed by atoms with Gasteiger partial charge < -0.3 is 9.64 Å². The zero-order valence-electron chi connectivity index (χ0n) is 15.9. The van der Waals surface area contributed by atoms with Crippen molar-refractivity contribution in [2.24, 2.45) is 5.92 Å². The maximum absolute atomic E-state index is 13.1. The van der Waals surface area contributed by atoms with Gasteiger partial charge in [0.1, 0.15) is 5.78 Å². The van der Waals surface area contributed by atoms with E-state index in [2.05, 4.69) is 0 Å². The molecule has 152 valence electrons. The summed E-state index contributed by atoms with van der Waals surface area (Å²) in [5.74, 6) is 0.132. The summed E-state index contributed by atoms with van der Waals surface area (Å²) in [5, 5.41) is 0. The van der Waals surface area contributed by atoms with Gasteiger partial charge in [-0.3, -0.25) is 9.59 Å². The normalized spacial score (nSPS) is 26.7. The molecular weight excluding hydrogens is 380 g/mol. The number of hydrogen-bond donors (Lipinski definition) is 0. The van der Waals surface area contributed by atoms with Gasteiger partial charge in [-0.1, -0.05) is 12.8 Å². The van der Waals surface area contributed by atoms with E-state index in [1.165, 1.54) is 16.4 Å². The van der Waals surface area contributed by atoms with Gasteiger partial charge in [0.05, 0.1) is 18.1 Å². The van der Waals surface area contributed by atoms with E-state index in [0.29, 0.717) is 44.8 Å². The summed E-state index contributed by atoms with van der Waals surface area (Å²) in [6.07, 6.45) is 4.23. The first-order valence-electron chi connectivity index (χ1n) is 10.00. The third-order valence-electron chi connectivity index (χ3n) is 6.11. The van der Waals surface area contributed by atoms with Crippen molar-refractivity contribution in [3.8, 4) is 0 Å². The second-order valence-corrected chi connectivity index (χ2v) is 9.65. The highest BCUT2D eigenvalue weighted by molar-refractivity contribution is 7.89. The molecule has 0 aromatic heterocycles. The first-order valence-corrected chi connectivity index (χ1v) is 11.4. The molecule has 1 aromatic carbocycles. The summed E-state index contributed by atoms with van der Waals surface area (Å²) in [6.45, 7) is 1.92. The van der Waals surface area contributed by atoms with E-state index in [0.717, 1.165) is 25.7 Å². The summed E-state index contributed by atoms with van der Waals surface area (Å²) in [4.78, 5) is 27.3. The van der Waals surface area contributed by atoms with Crippen molar-refractivity contribution in [3.63, 3.8) is 0 Å². The van der Waals surface area contributed by atoms with Crippen molar-refractivity contribution in [1.82, 2.24) is 9.21 Å². The average Bonchev–Trinajstić information content (AvgIpc) is 2.74. The maximum Gasteiger partial charge on any atom is 0.254 e. The maximum atomic E-state index is 13.1. The molecule has 1 aromatic rings. The van der Waals surface area contributed by atoms with E-state index in [9.17, 15) is 18.0 Å². The highest BCUT2D eigenvalue weighted by atomic mass is 32.2. The van der Waals surface area contributed by atoms with Crippen LogP contribution in [0.5, 0.6) is 0 Å². The summed E-state index contributed by atoms with van der Waals surface area (Å²) in [6, 6.07) is 6.17. The quantitative estimate of drug-likeness (QED) is 0.763. The molecule has 28 heavy (non-hydrogen) atoms. The van der Waals surface area contributed by atoms with Gasteiger partial charge in [0.2, 0.25) is 10.0 Å². The number of rotatable bonds is 3. The van der Waals surface area contributed by atoms with Crippen molar-refractivity contribution in [1.29, 1.82) is 0 Å². The number of sulfonamides is 1. The Balaban J connectivity index is 1.52. The number of carbonyl (C=O) groups excluding carboxylic acids is 2. The molecule has 1 aliphatic carbocycles. The summed E-state index contributed by atoms with van der Waals surface area (Å²) >= 11 is 0. The molecule has 7 nitrogen and oxygen atoms in total. The van der Waals surface area contributed by atoms with E-state index in [4.69, 9.17) is 4.74 Å². The van der Waals surface area contributed by atoms with Crippen LogP contribution in [0.4, 0.5) is 0 Å². The third-order valence-corrected chi connectivity index (χ3v) is 8.03.